The quantitative estimate of drug-likeness (QED) is 0.368. The van der Waals surface area contributed by atoms with Crippen LogP contribution in [-0.2, 0) is 4.74 Å². The van der Waals surface area contributed by atoms with Crippen molar-refractivity contribution in [1.82, 2.24) is 14.6 Å². The number of hydrogen-bond donors (Lipinski definition) is 1. The number of aromatic nitrogens is 3. The zero-order valence-corrected chi connectivity index (χ0v) is 14.0. The third kappa shape index (κ3) is 4.37. The van der Waals surface area contributed by atoms with Crippen LogP contribution in [0.25, 0.3) is 5.65 Å². The molecule has 0 atom stereocenters. The van der Waals surface area contributed by atoms with Gasteiger partial charge in [0.25, 0.3) is 0 Å². The Morgan fingerprint density at radius 3 is 2.86 bits per heavy atom. The molecule has 21 heavy (non-hydrogen) atoms. The van der Waals surface area contributed by atoms with Gasteiger partial charge in [0.15, 0.2) is 11.4 Å². The van der Waals surface area contributed by atoms with E-state index in [1.807, 2.05) is 0 Å². The summed E-state index contributed by atoms with van der Waals surface area (Å²) < 4.78 is 7.28. The molecule has 0 bridgehead atoms. The number of carbonyl (C=O) groups excluding carboxylic acids is 1. The van der Waals surface area contributed by atoms with Gasteiger partial charge >= 0.3 is 0 Å². The number of anilines is 1. The lowest BCUT2D eigenvalue weighted by Gasteiger charge is -2.16. The monoisotopic (exact) mass is 306 g/mol. The number of ether oxygens (including phenoxy) is 1. The Bertz CT molecular complexity index is 633. The average molecular weight is 306 g/mol. The molecule has 6 nitrogen and oxygen atoms in total. The molecular formula is C14H22N4O2Si. The van der Waals surface area contributed by atoms with E-state index in [4.69, 9.17) is 4.74 Å². The lowest BCUT2D eigenvalue weighted by molar-refractivity contribution is 0.101. The van der Waals surface area contributed by atoms with E-state index in [0.29, 0.717) is 23.9 Å². The second kappa shape index (κ2) is 6.36. The highest BCUT2D eigenvalue weighted by atomic mass is 28.3. The molecule has 0 fully saturated rings. The standard InChI is InChI=1S/C14H22N4O2Si/c1-11(19)12-9-14(18-13(17-12)5-6-16-18)15-10-20-7-8-21(2,3)4/h5-6,9,15H,7-8,10H2,1-4H3. The molecule has 7 heteroatoms. The van der Waals surface area contributed by atoms with Crippen molar-refractivity contribution in [1.29, 1.82) is 0 Å². The van der Waals surface area contributed by atoms with Gasteiger partial charge in [-0.3, -0.25) is 4.79 Å². The molecule has 0 amide bonds. The predicted molar refractivity (Wildman–Crippen MR) is 85.6 cm³/mol. The van der Waals surface area contributed by atoms with E-state index in [9.17, 15) is 4.79 Å². The van der Waals surface area contributed by atoms with E-state index in [-0.39, 0.29) is 5.78 Å². The molecular weight excluding hydrogens is 284 g/mol. The van der Waals surface area contributed by atoms with Crippen molar-refractivity contribution in [3.63, 3.8) is 0 Å². The summed E-state index contributed by atoms with van der Waals surface area (Å²) in [6.45, 7) is 9.59. The summed E-state index contributed by atoms with van der Waals surface area (Å²) in [5, 5.41) is 7.35. The molecule has 0 saturated heterocycles. The molecule has 0 aliphatic heterocycles. The Hall–Kier alpha value is -1.73. The third-order valence-electron chi connectivity index (χ3n) is 3.07. The lowest BCUT2D eigenvalue weighted by atomic mass is 10.3. The fraction of sp³-hybridized carbons (Fsp3) is 0.500. The van der Waals surface area contributed by atoms with Crippen LogP contribution in [0.1, 0.15) is 17.4 Å². The number of rotatable bonds is 7. The van der Waals surface area contributed by atoms with Crippen LogP contribution < -0.4 is 5.32 Å². The first kappa shape index (κ1) is 15.7. The zero-order chi connectivity index (χ0) is 15.5. The highest BCUT2D eigenvalue weighted by molar-refractivity contribution is 6.76. The second-order valence-electron chi connectivity index (χ2n) is 6.22. The molecule has 2 heterocycles. The fourth-order valence-corrected chi connectivity index (χ4v) is 2.55. The van der Waals surface area contributed by atoms with Gasteiger partial charge in [-0.05, 0) is 6.04 Å². The molecule has 0 aliphatic carbocycles. The minimum atomic E-state index is -1.07. The van der Waals surface area contributed by atoms with Gasteiger partial charge < -0.3 is 10.1 Å². The number of nitrogens with one attached hydrogen (secondary N) is 1. The predicted octanol–water partition coefficient (Wildman–Crippen LogP) is 2.66. The van der Waals surface area contributed by atoms with Crippen LogP contribution in [0.4, 0.5) is 5.82 Å². The number of fused-ring (bicyclic) bond motifs is 1. The fourth-order valence-electron chi connectivity index (χ4n) is 1.79. The van der Waals surface area contributed by atoms with Crippen molar-refractivity contribution in [3.8, 4) is 0 Å². The molecule has 2 aromatic heterocycles. The Morgan fingerprint density at radius 2 is 2.19 bits per heavy atom. The van der Waals surface area contributed by atoms with Gasteiger partial charge in [-0.25, -0.2) is 4.98 Å². The summed E-state index contributed by atoms with van der Waals surface area (Å²) in [7, 11) is -1.07. The van der Waals surface area contributed by atoms with Gasteiger partial charge in [0, 0.05) is 33.7 Å². The highest BCUT2D eigenvalue weighted by Gasteiger charge is 2.12. The molecule has 0 spiro atoms. The first-order valence-electron chi connectivity index (χ1n) is 7.04. The van der Waals surface area contributed by atoms with E-state index in [2.05, 4.69) is 35.0 Å². The van der Waals surface area contributed by atoms with Crippen LogP contribution in [0.2, 0.25) is 25.7 Å². The molecule has 0 radical (unpaired) electrons. The Kier molecular flexibility index (Phi) is 4.74. The SMILES string of the molecule is CC(=O)c1cc(NCOCC[Si](C)(C)C)n2nccc2n1. The average Bonchev–Trinajstić information content (AvgIpc) is 2.84. The van der Waals surface area contributed by atoms with Crippen LogP contribution in [-0.4, -0.2) is 41.8 Å². The highest BCUT2D eigenvalue weighted by Crippen LogP contribution is 2.13. The summed E-state index contributed by atoms with van der Waals surface area (Å²) in [5.74, 6) is 0.643. The van der Waals surface area contributed by atoms with Gasteiger partial charge in [0.1, 0.15) is 18.2 Å². The normalized spacial score (nSPS) is 11.8. The molecule has 0 saturated carbocycles. The summed E-state index contributed by atoms with van der Waals surface area (Å²) in [5.41, 5.74) is 1.07. The summed E-state index contributed by atoms with van der Waals surface area (Å²) in [4.78, 5) is 15.8. The molecule has 0 unspecified atom stereocenters. The van der Waals surface area contributed by atoms with Crippen LogP contribution in [0.5, 0.6) is 0 Å². The van der Waals surface area contributed by atoms with E-state index in [1.54, 1.807) is 22.8 Å². The smallest absolute Gasteiger partial charge is 0.178 e. The van der Waals surface area contributed by atoms with E-state index in [0.717, 1.165) is 12.7 Å². The zero-order valence-electron chi connectivity index (χ0n) is 13.0. The molecule has 2 rings (SSSR count). The molecule has 2 aromatic rings. The van der Waals surface area contributed by atoms with Crippen molar-refractivity contribution in [2.75, 3.05) is 18.7 Å². The van der Waals surface area contributed by atoms with E-state index < -0.39 is 8.07 Å². The van der Waals surface area contributed by atoms with Crippen molar-refractivity contribution < 1.29 is 9.53 Å². The third-order valence-corrected chi connectivity index (χ3v) is 4.78. The molecule has 114 valence electrons. The maximum absolute atomic E-state index is 11.5. The summed E-state index contributed by atoms with van der Waals surface area (Å²) in [6, 6.07) is 4.59. The summed E-state index contributed by atoms with van der Waals surface area (Å²) >= 11 is 0. The summed E-state index contributed by atoms with van der Waals surface area (Å²) in [6.07, 6.45) is 1.66. The van der Waals surface area contributed by atoms with Crippen LogP contribution in [0, 0.1) is 0 Å². The van der Waals surface area contributed by atoms with Crippen molar-refractivity contribution in [2.24, 2.45) is 0 Å². The van der Waals surface area contributed by atoms with Crippen molar-refractivity contribution in [3.05, 3.63) is 24.0 Å². The first-order valence-corrected chi connectivity index (χ1v) is 10.7. The topological polar surface area (TPSA) is 68.5 Å². The maximum atomic E-state index is 11.5. The number of carbonyl (C=O) groups is 1. The van der Waals surface area contributed by atoms with Crippen molar-refractivity contribution in [2.45, 2.75) is 32.6 Å². The van der Waals surface area contributed by atoms with Gasteiger partial charge in [-0.2, -0.15) is 9.61 Å². The molecule has 0 aromatic carbocycles. The first-order chi connectivity index (χ1) is 9.87. The van der Waals surface area contributed by atoms with Gasteiger partial charge in [0.2, 0.25) is 0 Å². The maximum Gasteiger partial charge on any atom is 0.178 e. The number of Topliss-reactive ketones (excluding diaryl/α,β-unsaturated/α-hetero) is 1. The van der Waals surface area contributed by atoms with Crippen LogP contribution in [0.3, 0.4) is 0 Å². The van der Waals surface area contributed by atoms with Gasteiger partial charge in [-0.15, -0.1) is 0 Å². The lowest BCUT2D eigenvalue weighted by Crippen LogP contribution is -2.22. The van der Waals surface area contributed by atoms with Gasteiger partial charge in [-0.1, -0.05) is 19.6 Å². The van der Waals surface area contributed by atoms with Crippen LogP contribution >= 0.6 is 0 Å². The number of hydrogen-bond acceptors (Lipinski definition) is 5. The second-order valence-corrected chi connectivity index (χ2v) is 11.8. The Labute approximate surface area is 125 Å². The Balaban J connectivity index is 2.01. The van der Waals surface area contributed by atoms with E-state index in [1.165, 1.54) is 6.92 Å². The molecule has 1 N–H and O–H groups in total. The minimum Gasteiger partial charge on any atom is -0.362 e. The van der Waals surface area contributed by atoms with Crippen LogP contribution in [0.15, 0.2) is 18.3 Å². The molecule has 0 aliphatic rings. The van der Waals surface area contributed by atoms with Crippen molar-refractivity contribution >= 4 is 25.3 Å². The van der Waals surface area contributed by atoms with Gasteiger partial charge in [0.05, 0.1) is 6.20 Å². The Morgan fingerprint density at radius 1 is 1.43 bits per heavy atom. The number of ketones is 1. The largest absolute Gasteiger partial charge is 0.362 e. The van der Waals surface area contributed by atoms with E-state index >= 15 is 0 Å². The minimum absolute atomic E-state index is 0.0681. The number of nitrogens with zero attached hydrogens (tertiary/aromatic N) is 3.